The Labute approximate surface area is 110 Å². The maximum absolute atomic E-state index is 12.3. The molecule has 0 radical (unpaired) electrons. The Bertz CT molecular complexity index is 272. The zero-order valence-corrected chi connectivity index (χ0v) is 11.5. The van der Waals surface area contributed by atoms with E-state index in [-0.39, 0.29) is 5.91 Å². The Morgan fingerprint density at radius 3 is 2.44 bits per heavy atom. The Kier molecular flexibility index (Phi) is 4.97. The monoisotopic (exact) mass is 254 g/mol. The van der Waals surface area contributed by atoms with E-state index in [0.29, 0.717) is 19.1 Å². The molecule has 0 spiro atoms. The van der Waals surface area contributed by atoms with Gasteiger partial charge in [0, 0.05) is 45.3 Å². The number of likely N-dealkylation sites (N-methyl/N-ethyl adjacent to an activating group) is 1. The van der Waals surface area contributed by atoms with E-state index in [2.05, 4.69) is 16.8 Å². The molecule has 0 aromatic carbocycles. The first kappa shape index (κ1) is 13.8. The minimum Gasteiger partial charge on any atom is -0.339 e. The summed E-state index contributed by atoms with van der Waals surface area (Å²) in [6.07, 6.45) is 3.76. The van der Waals surface area contributed by atoms with Gasteiger partial charge in [-0.3, -0.25) is 9.69 Å². The molecule has 2 N–H and O–H groups in total. The summed E-state index contributed by atoms with van der Waals surface area (Å²) < 4.78 is 0. The van der Waals surface area contributed by atoms with Gasteiger partial charge in [-0.1, -0.05) is 6.42 Å². The minimum atomic E-state index is 0.281. The van der Waals surface area contributed by atoms with Crippen LogP contribution in [0.15, 0.2) is 0 Å². The zero-order valence-electron chi connectivity index (χ0n) is 11.5. The molecule has 0 unspecified atom stereocenters. The third kappa shape index (κ3) is 3.43. The molecule has 1 aliphatic carbocycles. The van der Waals surface area contributed by atoms with E-state index < -0.39 is 0 Å². The first-order valence-corrected chi connectivity index (χ1v) is 7.11. The van der Waals surface area contributed by atoms with Crippen LogP contribution < -0.4 is 5.73 Å². The molecule has 0 aromatic heterocycles. The number of nitrogens with zero attached hydrogens (tertiary/aromatic N) is 3. The SMILES string of the molecule is CN1CCN(C(=O)CN(CCN)C2CCC2)CC1. The lowest BCUT2D eigenvalue weighted by molar-refractivity contribution is -0.135. The summed E-state index contributed by atoms with van der Waals surface area (Å²) in [6, 6.07) is 0.602. The molecule has 18 heavy (non-hydrogen) atoms. The second-order valence-electron chi connectivity index (χ2n) is 5.53. The highest BCUT2D eigenvalue weighted by Gasteiger charge is 2.28. The molecule has 0 aromatic rings. The lowest BCUT2D eigenvalue weighted by Gasteiger charge is -2.39. The first-order valence-electron chi connectivity index (χ1n) is 7.11. The van der Waals surface area contributed by atoms with Crippen molar-refractivity contribution < 1.29 is 4.79 Å². The quantitative estimate of drug-likeness (QED) is 0.723. The van der Waals surface area contributed by atoms with Crippen molar-refractivity contribution in [1.82, 2.24) is 14.7 Å². The zero-order chi connectivity index (χ0) is 13.0. The number of rotatable bonds is 5. The molecule has 2 fully saturated rings. The number of nitrogens with two attached hydrogens (primary N) is 1. The smallest absolute Gasteiger partial charge is 0.236 e. The molecule has 1 amide bonds. The first-order chi connectivity index (χ1) is 8.70. The van der Waals surface area contributed by atoms with Crippen molar-refractivity contribution in [3.8, 4) is 0 Å². The highest BCUT2D eigenvalue weighted by molar-refractivity contribution is 5.78. The molecule has 1 saturated carbocycles. The highest BCUT2D eigenvalue weighted by Crippen LogP contribution is 2.24. The van der Waals surface area contributed by atoms with Gasteiger partial charge < -0.3 is 15.5 Å². The van der Waals surface area contributed by atoms with Gasteiger partial charge in [-0.15, -0.1) is 0 Å². The van der Waals surface area contributed by atoms with Crippen LogP contribution in [-0.2, 0) is 4.79 Å². The lowest BCUT2D eigenvalue weighted by atomic mass is 9.91. The molecular weight excluding hydrogens is 228 g/mol. The molecule has 104 valence electrons. The van der Waals surface area contributed by atoms with E-state index in [1.165, 1.54) is 19.3 Å². The van der Waals surface area contributed by atoms with Crippen LogP contribution in [0.2, 0.25) is 0 Å². The maximum Gasteiger partial charge on any atom is 0.236 e. The van der Waals surface area contributed by atoms with Crippen LogP contribution in [0.1, 0.15) is 19.3 Å². The van der Waals surface area contributed by atoms with Crippen LogP contribution >= 0.6 is 0 Å². The van der Waals surface area contributed by atoms with E-state index in [1.54, 1.807) is 0 Å². The predicted octanol–water partition coefficient (Wildman–Crippen LogP) is -0.426. The van der Waals surface area contributed by atoms with Crippen LogP contribution in [0.4, 0.5) is 0 Å². The average Bonchev–Trinajstić information content (AvgIpc) is 2.27. The fourth-order valence-electron chi connectivity index (χ4n) is 2.64. The fraction of sp³-hybridized carbons (Fsp3) is 0.923. The lowest BCUT2D eigenvalue weighted by Crippen LogP contribution is -2.52. The van der Waals surface area contributed by atoms with Crippen LogP contribution in [0, 0.1) is 0 Å². The van der Waals surface area contributed by atoms with Crippen molar-refractivity contribution >= 4 is 5.91 Å². The van der Waals surface area contributed by atoms with Crippen molar-refractivity contribution in [2.24, 2.45) is 5.73 Å². The summed E-state index contributed by atoms with van der Waals surface area (Å²) in [6.45, 7) is 5.79. The fourth-order valence-corrected chi connectivity index (χ4v) is 2.64. The summed E-state index contributed by atoms with van der Waals surface area (Å²) in [5.74, 6) is 0.281. The van der Waals surface area contributed by atoms with Gasteiger partial charge in [0.1, 0.15) is 0 Å². The number of hydrogen-bond acceptors (Lipinski definition) is 4. The van der Waals surface area contributed by atoms with Crippen LogP contribution in [0.5, 0.6) is 0 Å². The van der Waals surface area contributed by atoms with Gasteiger partial charge in [0.15, 0.2) is 0 Å². The predicted molar refractivity (Wildman–Crippen MR) is 72.3 cm³/mol. The van der Waals surface area contributed by atoms with E-state index in [0.717, 1.165) is 32.7 Å². The van der Waals surface area contributed by atoms with Gasteiger partial charge >= 0.3 is 0 Å². The van der Waals surface area contributed by atoms with E-state index in [9.17, 15) is 4.79 Å². The second kappa shape index (κ2) is 6.50. The molecule has 0 atom stereocenters. The average molecular weight is 254 g/mol. The topological polar surface area (TPSA) is 52.8 Å². The van der Waals surface area contributed by atoms with Crippen LogP contribution in [-0.4, -0.2) is 79.5 Å². The number of piperazine rings is 1. The standard InChI is InChI=1S/C13H26N4O/c1-15-7-9-16(10-8-15)13(18)11-17(6-5-14)12-3-2-4-12/h12H,2-11,14H2,1H3. The van der Waals surface area contributed by atoms with Crippen LogP contribution in [0.3, 0.4) is 0 Å². The van der Waals surface area contributed by atoms with Gasteiger partial charge in [-0.25, -0.2) is 0 Å². The van der Waals surface area contributed by atoms with Crippen molar-refractivity contribution in [2.75, 3.05) is 52.9 Å². The largest absolute Gasteiger partial charge is 0.339 e. The summed E-state index contributed by atoms with van der Waals surface area (Å²) >= 11 is 0. The molecule has 5 heteroatoms. The normalized spacial score (nSPS) is 22.3. The summed E-state index contributed by atoms with van der Waals surface area (Å²) in [5.41, 5.74) is 5.65. The Balaban J connectivity index is 1.80. The van der Waals surface area contributed by atoms with Gasteiger partial charge in [0.25, 0.3) is 0 Å². The summed E-state index contributed by atoms with van der Waals surface area (Å²) in [5, 5.41) is 0. The van der Waals surface area contributed by atoms with Crippen LogP contribution in [0.25, 0.3) is 0 Å². The van der Waals surface area contributed by atoms with Crippen molar-refractivity contribution in [3.05, 3.63) is 0 Å². The van der Waals surface area contributed by atoms with Crippen molar-refractivity contribution in [1.29, 1.82) is 0 Å². The highest BCUT2D eigenvalue weighted by atomic mass is 16.2. The third-order valence-electron chi connectivity index (χ3n) is 4.20. The Hall–Kier alpha value is -0.650. The Morgan fingerprint density at radius 2 is 1.94 bits per heavy atom. The maximum atomic E-state index is 12.3. The van der Waals surface area contributed by atoms with E-state index in [1.807, 2.05) is 4.90 Å². The number of carbonyl (C=O) groups is 1. The molecule has 5 nitrogen and oxygen atoms in total. The third-order valence-corrected chi connectivity index (χ3v) is 4.20. The van der Waals surface area contributed by atoms with Gasteiger partial charge in [-0.2, -0.15) is 0 Å². The number of amides is 1. The number of hydrogen-bond donors (Lipinski definition) is 1. The molecule has 2 aliphatic rings. The van der Waals surface area contributed by atoms with Crippen molar-refractivity contribution in [2.45, 2.75) is 25.3 Å². The number of carbonyl (C=O) groups excluding carboxylic acids is 1. The molecule has 2 rings (SSSR count). The second-order valence-corrected chi connectivity index (χ2v) is 5.53. The summed E-state index contributed by atoms with van der Waals surface area (Å²) in [7, 11) is 2.11. The van der Waals surface area contributed by atoms with Gasteiger partial charge in [-0.05, 0) is 19.9 Å². The van der Waals surface area contributed by atoms with Gasteiger partial charge in [0.2, 0.25) is 5.91 Å². The van der Waals surface area contributed by atoms with Crippen molar-refractivity contribution in [3.63, 3.8) is 0 Å². The summed E-state index contributed by atoms with van der Waals surface area (Å²) in [4.78, 5) is 18.8. The van der Waals surface area contributed by atoms with E-state index in [4.69, 9.17) is 5.73 Å². The molecular formula is C13H26N4O. The van der Waals surface area contributed by atoms with Gasteiger partial charge in [0.05, 0.1) is 6.54 Å². The molecule has 1 saturated heterocycles. The Morgan fingerprint density at radius 1 is 1.28 bits per heavy atom. The molecule has 1 aliphatic heterocycles. The molecule has 0 bridgehead atoms. The minimum absolute atomic E-state index is 0.281. The van der Waals surface area contributed by atoms with E-state index >= 15 is 0 Å². The molecule has 1 heterocycles.